The Labute approximate surface area is 117 Å². The van der Waals surface area contributed by atoms with Crippen molar-refractivity contribution in [2.45, 2.75) is 37.1 Å². The SMILES string of the molecule is CCCCC1(c2ccc(O)cc2)NC(C(=O)O)CS1. The number of unbranched alkanes of at least 4 members (excludes halogenated alkanes) is 1. The van der Waals surface area contributed by atoms with Gasteiger partial charge in [0.1, 0.15) is 11.8 Å². The maximum atomic E-state index is 11.1. The minimum Gasteiger partial charge on any atom is -0.508 e. The van der Waals surface area contributed by atoms with Crippen molar-refractivity contribution in [3.63, 3.8) is 0 Å². The Morgan fingerprint density at radius 1 is 1.47 bits per heavy atom. The Bertz CT molecular complexity index is 449. The van der Waals surface area contributed by atoms with Crippen LogP contribution in [-0.2, 0) is 9.67 Å². The van der Waals surface area contributed by atoms with E-state index in [1.165, 1.54) is 0 Å². The van der Waals surface area contributed by atoms with E-state index in [9.17, 15) is 9.90 Å². The largest absolute Gasteiger partial charge is 0.508 e. The summed E-state index contributed by atoms with van der Waals surface area (Å²) in [6, 6.07) is 6.54. The van der Waals surface area contributed by atoms with E-state index in [0.29, 0.717) is 5.75 Å². The first-order chi connectivity index (χ1) is 9.07. The number of carbonyl (C=O) groups is 1. The molecule has 5 heteroatoms. The Kier molecular flexibility index (Phi) is 4.37. The standard InChI is InChI=1S/C14H19NO3S/c1-2-3-8-14(10-4-6-11(16)7-5-10)15-12(9-19-14)13(17)18/h4-7,12,15-16H,2-3,8-9H2,1H3,(H,17,18). The van der Waals surface area contributed by atoms with E-state index in [-0.39, 0.29) is 10.6 Å². The van der Waals surface area contributed by atoms with Crippen molar-refractivity contribution in [1.82, 2.24) is 5.32 Å². The van der Waals surface area contributed by atoms with Crippen LogP contribution in [0.25, 0.3) is 0 Å². The lowest BCUT2D eigenvalue weighted by Gasteiger charge is -2.30. The first-order valence-corrected chi connectivity index (χ1v) is 7.50. The number of nitrogens with one attached hydrogen (secondary N) is 1. The van der Waals surface area contributed by atoms with Crippen molar-refractivity contribution in [1.29, 1.82) is 0 Å². The highest BCUT2D eigenvalue weighted by Gasteiger charge is 2.42. The van der Waals surface area contributed by atoms with Gasteiger partial charge in [-0.2, -0.15) is 0 Å². The molecule has 0 amide bonds. The Hall–Kier alpha value is -1.20. The summed E-state index contributed by atoms with van der Waals surface area (Å²) >= 11 is 1.65. The van der Waals surface area contributed by atoms with Gasteiger partial charge < -0.3 is 10.2 Å². The van der Waals surface area contributed by atoms with Gasteiger partial charge in [0.25, 0.3) is 0 Å². The molecule has 2 atom stereocenters. The number of carboxylic acids is 1. The Balaban J connectivity index is 2.25. The fourth-order valence-corrected chi connectivity index (χ4v) is 3.83. The fourth-order valence-electron chi connectivity index (χ4n) is 2.34. The van der Waals surface area contributed by atoms with Crippen LogP contribution in [-0.4, -0.2) is 28.0 Å². The Morgan fingerprint density at radius 2 is 2.16 bits per heavy atom. The summed E-state index contributed by atoms with van der Waals surface area (Å²) in [5, 5.41) is 21.8. The lowest BCUT2D eigenvalue weighted by molar-refractivity contribution is -0.138. The van der Waals surface area contributed by atoms with Crippen LogP contribution in [0.2, 0.25) is 0 Å². The van der Waals surface area contributed by atoms with Gasteiger partial charge in [0.05, 0.1) is 4.87 Å². The molecular weight excluding hydrogens is 262 g/mol. The van der Waals surface area contributed by atoms with Crippen LogP contribution in [0.5, 0.6) is 5.75 Å². The minimum absolute atomic E-state index is 0.229. The first-order valence-electron chi connectivity index (χ1n) is 6.51. The van der Waals surface area contributed by atoms with Crippen molar-refractivity contribution >= 4 is 17.7 Å². The molecule has 0 radical (unpaired) electrons. The second kappa shape index (κ2) is 5.84. The summed E-state index contributed by atoms with van der Waals surface area (Å²) in [6.07, 6.45) is 3.00. The van der Waals surface area contributed by atoms with Crippen LogP contribution in [0.1, 0.15) is 31.7 Å². The molecule has 1 aromatic rings. The van der Waals surface area contributed by atoms with Crippen LogP contribution in [0.15, 0.2) is 24.3 Å². The van der Waals surface area contributed by atoms with E-state index in [0.717, 1.165) is 24.8 Å². The highest BCUT2D eigenvalue weighted by atomic mass is 32.2. The van der Waals surface area contributed by atoms with Gasteiger partial charge in [-0.15, -0.1) is 11.8 Å². The normalized spacial score (nSPS) is 26.5. The number of hydrogen-bond donors (Lipinski definition) is 3. The molecular formula is C14H19NO3S. The van der Waals surface area contributed by atoms with Crippen LogP contribution in [0.4, 0.5) is 0 Å². The monoisotopic (exact) mass is 281 g/mol. The summed E-state index contributed by atoms with van der Waals surface area (Å²) in [7, 11) is 0. The van der Waals surface area contributed by atoms with Crippen LogP contribution < -0.4 is 5.32 Å². The second-order valence-electron chi connectivity index (χ2n) is 4.82. The maximum Gasteiger partial charge on any atom is 0.321 e. The zero-order valence-corrected chi connectivity index (χ0v) is 11.7. The number of aliphatic carboxylic acids is 1. The van der Waals surface area contributed by atoms with Crippen molar-refractivity contribution in [3.8, 4) is 5.75 Å². The van der Waals surface area contributed by atoms with Crippen molar-refractivity contribution in [2.75, 3.05) is 5.75 Å². The molecule has 1 saturated heterocycles. The maximum absolute atomic E-state index is 11.1. The Morgan fingerprint density at radius 3 is 2.68 bits per heavy atom. The molecule has 1 aliphatic rings. The molecule has 1 heterocycles. The average molecular weight is 281 g/mol. The van der Waals surface area contributed by atoms with E-state index >= 15 is 0 Å². The van der Waals surface area contributed by atoms with Gasteiger partial charge in [-0.1, -0.05) is 31.9 Å². The van der Waals surface area contributed by atoms with Gasteiger partial charge in [-0.3, -0.25) is 10.1 Å². The van der Waals surface area contributed by atoms with Gasteiger partial charge >= 0.3 is 5.97 Å². The van der Waals surface area contributed by atoms with Crippen molar-refractivity contribution in [3.05, 3.63) is 29.8 Å². The van der Waals surface area contributed by atoms with Crippen molar-refractivity contribution in [2.24, 2.45) is 0 Å². The highest BCUT2D eigenvalue weighted by molar-refractivity contribution is 8.00. The number of thioether (sulfide) groups is 1. The second-order valence-corrected chi connectivity index (χ2v) is 6.14. The van der Waals surface area contributed by atoms with Crippen LogP contribution in [0, 0.1) is 0 Å². The molecule has 3 N–H and O–H groups in total. The number of rotatable bonds is 5. The van der Waals surface area contributed by atoms with Gasteiger partial charge in [0.2, 0.25) is 0 Å². The predicted octanol–water partition coefficient (Wildman–Crippen LogP) is 2.52. The third-order valence-electron chi connectivity index (χ3n) is 3.42. The molecule has 0 aromatic heterocycles. The molecule has 2 rings (SSSR count). The molecule has 104 valence electrons. The summed E-state index contributed by atoms with van der Waals surface area (Å²) in [4.78, 5) is 10.8. The molecule has 4 nitrogen and oxygen atoms in total. The third kappa shape index (κ3) is 3.04. The van der Waals surface area contributed by atoms with Gasteiger partial charge in [-0.25, -0.2) is 0 Å². The van der Waals surface area contributed by atoms with E-state index in [1.54, 1.807) is 23.9 Å². The van der Waals surface area contributed by atoms with Crippen molar-refractivity contribution < 1.29 is 15.0 Å². The van der Waals surface area contributed by atoms with Gasteiger partial charge in [0, 0.05) is 5.75 Å². The molecule has 0 spiro atoms. The lowest BCUT2D eigenvalue weighted by Crippen LogP contribution is -2.43. The van der Waals surface area contributed by atoms with Gasteiger partial charge in [-0.05, 0) is 24.1 Å². The summed E-state index contributed by atoms with van der Waals surface area (Å²) in [5.74, 6) is -0.00302. The number of phenolic OH excluding ortho intramolecular Hbond substituents is 1. The molecule has 0 saturated carbocycles. The zero-order chi connectivity index (χ0) is 13.9. The average Bonchev–Trinajstić information content (AvgIpc) is 2.83. The van der Waals surface area contributed by atoms with E-state index in [1.807, 2.05) is 12.1 Å². The molecule has 1 aliphatic heterocycles. The molecule has 0 bridgehead atoms. The third-order valence-corrected chi connectivity index (χ3v) is 4.97. The molecule has 19 heavy (non-hydrogen) atoms. The number of aromatic hydroxyl groups is 1. The summed E-state index contributed by atoms with van der Waals surface area (Å²) in [6.45, 7) is 2.12. The first kappa shape index (κ1) is 14.2. The number of benzene rings is 1. The summed E-state index contributed by atoms with van der Waals surface area (Å²) < 4.78 is 0. The zero-order valence-electron chi connectivity index (χ0n) is 10.9. The smallest absolute Gasteiger partial charge is 0.321 e. The molecule has 0 aliphatic carbocycles. The summed E-state index contributed by atoms with van der Waals surface area (Å²) in [5.41, 5.74) is 1.03. The van der Waals surface area contributed by atoms with E-state index < -0.39 is 12.0 Å². The quantitative estimate of drug-likeness (QED) is 0.773. The molecule has 1 fully saturated rings. The molecule has 1 aromatic carbocycles. The van der Waals surface area contributed by atoms with E-state index in [2.05, 4.69) is 12.2 Å². The van der Waals surface area contributed by atoms with Crippen LogP contribution >= 0.6 is 11.8 Å². The minimum atomic E-state index is -0.801. The van der Waals surface area contributed by atoms with E-state index in [4.69, 9.17) is 5.11 Å². The predicted molar refractivity (Wildman–Crippen MR) is 76.3 cm³/mol. The lowest BCUT2D eigenvalue weighted by atomic mass is 9.99. The number of phenols is 1. The highest BCUT2D eigenvalue weighted by Crippen LogP contribution is 2.44. The number of carboxylic acid groups (broad SMARTS) is 1. The van der Waals surface area contributed by atoms with Gasteiger partial charge in [0.15, 0.2) is 0 Å². The van der Waals surface area contributed by atoms with Crippen LogP contribution in [0.3, 0.4) is 0 Å². The fraction of sp³-hybridized carbons (Fsp3) is 0.500. The molecule has 2 unspecified atom stereocenters. The topological polar surface area (TPSA) is 69.6 Å². The number of hydrogen-bond acceptors (Lipinski definition) is 4.